The minimum atomic E-state index is -2.92. The number of ether oxygens (including phenoxy) is 3. The Hall–Kier alpha value is -1.56. The topological polar surface area (TPSA) is 67.4 Å². The van der Waals surface area contributed by atoms with Crippen molar-refractivity contribution in [2.24, 2.45) is 10.9 Å². The lowest BCUT2D eigenvalue weighted by Gasteiger charge is -2.29. The van der Waals surface area contributed by atoms with Crippen molar-refractivity contribution in [3.8, 4) is 17.2 Å². The number of halogens is 3. The number of nitrogens with one attached hydrogen (secondary N) is 2. The van der Waals surface area contributed by atoms with Gasteiger partial charge >= 0.3 is 6.61 Å². The van der Waals surface area contributed by atoms with Gasteiger partial charge in [0.05, 0.1) is 6.54 Å². The van der Waals surface area contributed by atoms with E-state index < -0.39 is 6.61 Å². The number of rotatable bonds is 7. The van der Waals surface area contributed by atoms with Crippen LogP contribution in [0.3, 0.4) is 0 Å². The van der Waals surface area contributed by atoms with Crippen molar-refractivity contribution in [2.75, 3.05) is 40.0 Å². The number of hydrogen-bond acceptors (Lipinski definition) is 5. The summed E-state index contributed by atoms with van der Waals surface area (Å²) in [4.78, 5) is 6.87. The predicted octanol–water partition coefficient (Wildman–Crippen LogP) is 3.03. The number of fused-ring (bicyclic) bond motifs is 1. The molecule has 2 N–H and O–H groups in total. The minimum Gasteiger partial charge on any atom is -0.454 e. The first-order valence-corrected chi connectivity index (χ1v) is 9.63. The maximum atomic E-state index is 12.8. The van der Waals surface area contributed by atoms with E-state index in [2.05, 4.69) is 32.3 Å². The van der Waals surface area contributed by atoms with E-state index in [9.17, 15) is 8.78 Å². The maximum absolute atomic E-state index is 12.8. The second-order valence-electron chi connectivity index (χ2n) is 7.01. The molecule has 29 heavy (non-hydrogen) atoms. The first-order chi connectivity index (χ1) is 13.5. The van der Waals surface area contributed by atoms with Crippen LogP contribution < -0.4 is 24.8 Å². The van der Waals surface area contributed by atoms with Gasteiger partial charge in [0.25, 0.3) is 0 Å². The summed E-state index contributed by atoms with van der Waals surface area (Å²) in [6.07, 6.45) is 2.30. The van der Waals surface area contributed by atoms with Crippen LogP contribution in [0, 0.1) is 5.92 Å². The van der Waals surface area contributed by atoms with E-state index in [0.29, 0.717) is 35.5 Å². The Morgan fingerprint density at radius 2 is 1.93 bits per heavy atom. The van der Waals surface area contributed by atoms with Gasteiger partial charge in [-0.25, -0.2) is 4.99 Å². The predicted molar refractivity (Wildman–Crippen MR) is 118 cm³/mol. The number of benzene rings is 1. The van der Waals surface area contributed by atoms with E-state index in [1.165, 1.54) is 6.07 Å². The van der Waals surface area contributed by atoms with E-state index in [-0.39, 0.29) is 43.1 Å². The van der Waals surface area contributed by atoms with Gasteiger partial charge in [0.1, 0.15) is 5.75 Å². The second kappa shape index (κ2) is 11.6. The number of nitrogens with zero attached hydrogens (tertiary/aromatic N) is 2. The highest BCUT2D eigenvalue weighted by Crippen LogP contribution is 2.39. The van der Waals surface area contributed by atoms with Crippen molar-refractivity contribution in [3.05, 3.63) is 17.7 Å². The highest BCUT2D eigenvalue weighted by Gasteiger charge is 2.20. The van der Waals surface area contributed by atoms with Gasteiger partial charge in [0.2, 0.25) is 6.79 Å². The molecular weight excluding hydrogens is 497 g/mol. The summed E-state index contributed by atoms with van der Waals surface area (Å²) in [6.45, 7) is 3.06. The molecule has 0 unspecified atom stereocenters. The van der Waals surface area contributed by atoms with Crippen molar-refractivity contribution < 1.29 is 23.0 Å². The van der Waals surface area contributed by atoms with Gasteiger partial charge in [-0.2, -0.15) is 8.78 Å². The first kappa shape index (κ1) is 23.7. The molecule has 1 aromatic carbocycles. The Bertz CT molecular complexity index is 686. The third kappa shape index (κ3) is 7.02. The van der Waals surface area contributed by atoms with E-state index in [0.717, 1.165) is 32.5 Å². The monoisotopic (exact) mass is 526 g/mol. The molecule has 164 valence electrons. The normalized spacial score (nSPS) is 17.2. The lowest BCUT2D eigenvalue weighted by atomic mass is 9.97. The fourth-order valence-electron chi connectivity index (χ4n) is 3.31. The molecule has 7 nitrogen and oxygen atoms in total. The van der Waals surface area contributed by atoms with Gasteiger partial charge in [-0.1, -0.05) is 0 Å². The molecule has 2 heterocycles. The highest BCUT2D eigenvalue weighted by atomic mass is 127. The van der Waals surface area contributed by atoms with Crippen molar-refractivity contribution >= 4 is 29.9 Å². The van der Waals surface area contributed by atoms with Crippen molar-refractivity contribution in [1.29, 1.82) is 0 Å². The zero-order valence-electron chi connectivity index (χ0n) is 16.7. The third-order valence-corrected chi connectivity index (χ3v) is 4.92. The molecule has 0 aliphatic carbocycles. The smallest absolute Gasteiger partial charge is 0.387 e. The zero-order chi connectivity index (χ0) is 19.9. The average molecular weight is 526 g/mol. The Kier molecular flexibility index (Phi) is 9.47. The Morgan fingerprint density at radius 3 is 2.59 bits per heavy atom. The molecule has 2 aliphatic rings. The van der Waals surface area contributed by atoms with Crippen LogP contribution in [0.4, 0.5) is 8.78 Å². The molecule has 1 fully saturated rings. The van der Waals surface area contributed by atoms with Crippen LogP contribution >= 0.6 is 24.0 Å². The van der Waals surface area contributed by atoms with Gasteiger partial charge in [-0.05, 0) is 51.9 Å². The molecule has 0 atom stereocenters. The van der Waals surface area contributed by atoms with E-state index in [1.54, 1.807) is 6.07 Å². The zero-order valence-corrected chi connectivity index (χ0v) is 19.1. The fraction of sp³-hybridized carbons (Fsp3) is 0.632. The fourth-order valence-corrected chi connectivity index (χ4v) is 3.31. The minimum absolute atomic E-state index is 0. The Labute approximate surface area is 187 Å². The average Bonchev–Trinajstić information content (AvgIpc) is 3.12. The van der Waals surface area contributed by atoms with Crippen molar-refractivity contribution in [1.82, 2.24) is 15.5 Å². The summed E-state index contributed by atoms with van der Waals surface area (Å²) in [5.74, 6) is 2.21. The molecule has 1 aromatic rings. The van der Waals surface area contributed by atoms with Crippen LogP contribution in [0.2, 0.25) is 0 Å². The van der Waals surface area contributed by atoms with Gasteiger partial charge in [0, 0.05) is 24.7 Å². The van der Waals surface area contributed by atoms with Crippen LogP contribution in [0.25, 0.3) is 0 Å². The number of hydrogen-bond donors (Lipinski definition) is 2. The van der Waals surface area contributed by atoms with Crippen LogP contribution in [-0.4, -0.2) is 57.5 Å². The quantitative estimate of drug-likeness (QED) is 0.324. The lowest BCUT2D eigenvalue weighted by molar-refractivity contribution is -0.0505. The number of piperidine rings is 1. The van der Waals surface area contributed by atoms with E-state index >= 15 is 0 Å². The summed E-state index contributed by atoms with van der Waals surface area (Å²) in [7, 11) is 2.14. The summed E-state index contributed by atoms with van der Waals surface area (Å²) < 4.78 is 40.8. The number of guanidine groups is 1. The largest absolute Gasteiger partial charge is 0.454 e. The van der Waals surface area contributed by atoms with E-state index in [1.807, 2.05) is 6.92 Å². The molecule has 2 aliphatic heterocycles. The van der Waals surface area contributed by atoms with Crippen molar-refractivity contribution in [3.63, 3.8) is 0 Å². The van der Waals surface area contributed by atoms with Crippen LogP contribution in [0.5, 0.6) is 17.2 Å². The number of alkyl halides is 2. The molecule has 0 radical (unpaired) electrons. The standard InChI is InChI=1S/C19H28F2N4O3.HI/c1-3-22-19(23-10-13-4-6-25(2)7-5-13)24-11-14-8-16-17(27-12-26-16)9-15(14)28-18(20)21;/h8-9,13,18H,3-7,10-12H2,1-2H3,(H2,22,23,24);1H. The van der Waals surface area contributed by atoms with E-state index in [4.69, 9.17) is 9.47 Å². The lowest BCUT2D eigenvalue weighted by Crippen LogP contribution is -2.42. The second-order valence-corrected chi connectivity index (χ2v) is 7.01. The maximum Gasteiger partial charge on any atom is 0.387 e. The van der Waals surface area contributed by atoms with Crippen LogP contribution in [0.1, 0.15) is 25.3 Å². The van der Waals surface area contributed by atoms with Crippen molar-refractivity contribution in [2.45, 2.75) is 32.9 Å². The molecule has 1 saturated heterocycles. The SMILES string of the molecule is CCNC(=NCc1cc2c(cc1OC(F)F)OCO2)NCC1CCN(C)CC1.I. The molecule has 3 rings (SSSR count). The van der Waals surface area contributed by atoms with Crippen LogP contribution in [-0.2, 0) is 6.54 Å². The third-order valence-electron chi connectivity index (χ3n) is 4.92. The van der Waals surface area contributed by atoms with Crippen LogP contribution in [0.15, 0.2) is 17.1 Å². The van der Waals surface area contributed by atoms with Gasteiger partial charge in [-0.3, -0.25) is 0 Å². The molecule has 0 bridgehead atoms. The molecule has 0 amide bonds. The summed E-state index contributed by atoms with van der Waals surface area (Å²) in [5, 5.41) is 6.56. The molecule has 10 heteroatoms. The molecule has 0 aromatic heterocycles. The Balaban J connectivity index is 0.00000300. The summed E-state index contributed by atoms with van der Waals surface area (Å²) in [5.41, 5.74) is 0.515. The molecular formula is C19H29F2IN4O3. The number of likely N-dealkylation sites (tertiary alicyclic amines) is 1. The molecule has 0 spiro atoms. The number of aliphatic imine (C=N–C) groups is 1. The Morgan fingerprint density at radius 1 is 1.24 bits per heavy atom. The van der Waals surface area contributed by atoms with Gasteiger partial charge in [0.15, 0.2) is 17.5 Å². The van der Waals surface area contributed by atoms with Gasteiger partial charge in [-0.15, -0.1) is 24.0 Å². The molecule has 0 saturated carbocycles. The van der Waals surface area contributed by atoms with Gasteiger partial charge < -0.3 is 29.7 Å². The highest BCUT2D eigenvalue weighted by molar-refractivity contribution is 14.0. The summed E-state index contributed by atoms with van der Waals surface area (Å²) >= 11 is 0. The summed E-state index contributed by atoms with van der Waals surface area (Å²) in [6, 6.07) is 3.07. The first-order valence-electron chi connectivity index (χ1n) is 9.63.